The second kappa shape index (κ2) is 6.34. The van der Waals surface area contributed by atoms with Crippen LogP contribution in [0, 0.1) is 5.82 Å². The van der Waals surface area contributed by atoms with Gasteiger partial charge in [-0.25, -0.2) is 14.2 Å². The van der Waals surface area contributed by atoms with Gasteiger partial charge in [-0.15, -0.1) is 0 Å². The summed E-state index contributed by atoms with van der Waals surface area (Å²) in [7, 11) is 1.55. The molecule has 6 heteroatoms. The van der Waals surface area contributed by atoms with Crippen LogP contribution in [-0.2, 0) is 9.53 Å². The molecule has 0 fully saturated rings. The fourth-order valence-corrected chi connectivity index (χ4v) is 2.45. The van der Waals surface area contributed by atoms with Crippen molar-refractivity contribution in [1.29, 1.82) is 0 Å². The maximum Gasteiger partial charge on any atom is 0.363 e. The van der Waals surface area contributed by atoms with Crippen molar-refractivity contribution in [2.45, 2.75) is 0 Å². The molecular formula is C17H11BrFNO3. The van der Waals surface area contributed by atoms with E-state index in [0.29, 0.717) is 21.3 Å². The van der Waals surface area contributed by atoms with E-state index in [9.17, 15) is 9.18 Å². The molecule has 2 aromatic rings. The molecule has 0 bridgehead atoms. The van der Waals surface area contributed by atoms with Crippen molar-refractivity contribution in [2.75, 3.05) is 7.11 Å². The third-order valence-electron chi connectivity index (χ3n) is 3.18. The summed E-state index contributed by atoms with van der Waals surface area (Å²) >= 11 is 3.10. The fourth-order valence-electron chi connectivity index (χ4n) is 2.05. The summed E-state index contributed by atoms with van der Waals surface area (Å²) in [6.45, 7) is 0. The van der Waals surface area contributed by atoms with Crippen molar-refractivity contribution in [2.24, 2.45) is 4.99 Å². The second-order valence-corrected chi connectivity index (χ2v) is 5.60. The normalized spacial score (nSPS) is 15.5. The molecule has 1 aliphatic heterocycles. The first-order valence-electron chi connectivity index (χ1n) is 6.69. The van der Waals surface area contributed by atoms with Crippen LogP contribution in [0.1, 0.15) is 11.1 Å². The van der Waals surface area contributed by atoms with E-state index in [1.807, 2.05) is 0 Å². The highest BCUT2D eigenvalue weighted by molar-refractivity contribution is 9.10. The predicted molar refractivity (Wildman–Crippen MR) is 87.7 cm³/mol. The Labute approximate surface area is 140 Å². The van der Waals surface area contributed by atoms with Crippen LogP contribution < -0.4 is 4.74 Å². The monoisotopic (exact) mass is 375 g/mol. The van der Waals surface area contributed by atoms with Gasteiger partial charge in [0.15, 0.2) is 5.70 Å². The summed E-state index contributed by atoms with van der Waals surface area (Å²) in [6, 6.07) is 11.5. The number of hydrogen-bond donors (Lipinski definition) is 0. The van der Waals surface area contributed by atoms with E-state index in [1.54, 1.807) is 49.6 Å². The molecule has 1 aliphatic rings. The third kappa shape index (κ3) is 3.32. The van der Waals surface area contributed by atoms with Crippen LogP contribution in [0.4, 0.5) is 4.39 Å². The number of hydrogen-bond acceptors (Lipinski definition) is 4. The standard InChI is InChI=1S/C17H11BrFNO3/c1-22-12-4-2-3-11(9-12)16-20-15(17(21)23-16)8-10-5-6-14(19)13(18)7-10/h2-9H,1H3. The molecule has 3 rings (SSSR count). The van der Waals surface area contributed by atoms with Gasteiger partial charge in [0.2, 0.25) is 5.90 Å². The van der Waals surface area contributed by atoms with Gasteiger partial charge in [0.25, 0.3) is 0 Å². The molecule has 0 atom stereocenters. The lowest BCUT2D eigenvalue weighted by molar-refractivity contribution is -0.129. The number of esters is 1. The number of carbonyl (C=O) groups excluding carboxylic acids is 1. The van der Waals surface area contributed by atoms with Crippen molar-refractivity contribution < 1.29 is 18.7 Å². The Bertz CT molecular complexity index is 845. The van der Waals surface area contributed by atoms with Crippen LogP contribution in [0.2, 0.25) is 0 Å². The van der Waals surface area contributed by atoms with E-state index >= 15 is 0 Å². The summed E-state index contributed by atoms with van der Waals surface area (Å²) in [5.41, 5.74) is 1.43. The van der Waals surface area contributed by atoms with Gasteiger partial charge in [0, 0.05) is 5.56 Å². The maximum atomic E-state index is 13.2. The fraction of sp³-hybridized carbons (Fsp3) is 0.0588. The van der Waals surface area contributed by atoms with E-state index in [0.717, 1.165) is 0 Å². The van der Waals surface area contributed by atoms with Gasteiger partial charge in [-0.2, -0.15) is 0 Å². The van der Waals surface area contributed by atoms with Gasteiger partial charge in [0.1, 0.15) is 11.6 Å². The lowest BCUT2D eigenvalue weighted by Gasteiger charge is -2.02. The molecule has 0 saturated heterocycles. The number of benzene rings is 2. The van der Waals surface area contributed by atoms with E-state index in [-0.39, 0.29) is 17.4 Å². The van der Waals surface area contributed by atoms with Crippen LogP contribution >= 0.6 is 15.9 Å². The zero-order valence-corrected chi connectivity index (χ0v) is 13.6. The van der Waals surface area contributed by atoms with Crippen molar-refractivity contribution in [3.63, 3.8) is 0 Å². The number of ether oxygens (including phenoxy) is 2. The van der Waals surface area contributed by atoms with Crippen molar-refractivity contribution >= 4 is 33.9 Å². The molecule has 0 N–H and O–H groups in total. The van der Waals surface area contributed by atoms with Crippen molar-refractivity contribution in [1.82, 2.24) is 0 Å². The highest BCUT2D eigenvalue weighted by Gasteiger charge is 2.24. The maximum absolute atomic E-state index is 13.2. The van der Waals surface area contributed by atoms with Crippen LogP contribution in [0.15, 0.2) is 57.6 Å². The number of rotatable bonds is 3. The Morgan fingerprint density at radius 1 is 1.26 bits per heavy atom. The van der Waals surface area contributed by atoms with Crippen molar-refractivity contribution in [3.05, 3.63) is 69.6 Å². The van der Waals surface area contributed by atoms with Gasteiger partial charge in [0.05, 0.1) is 11.6 Å². The van der Waals surface area contributed by atoms with E-state index in [1.165, 1.54) is 6.07 Å². The van der Waals surface area contributed by atoms with Gasteiger partial charge < -0.3 is 9.47 Å². The summed E-state index contributed by atoms with van der Waals surface area (Å²) in [5, 5.41) is 0. The van der Waals surface area contributed by atoms with Gasteiger partial charge in [-0.05, 0) is 57.9 Å². The van der Waals surface area contributed by atoms with Gasteiger partial charge >= 0.3 is 5.97 Å². The average Bonchev–Trinajstić information content (AvgIpc) is 2.92. The topological polar surface area (TPSA) is 47.9 Å². The van der Waals surface area contributed by atoms with Crippen LogP contribution in [0.25, 0.3) is 6.08 Å². The highest BCUT2D eigenvalue weighted by atomic mass is 79.9. The number of methoxy groups -OCH3 is 1. The Hall–Kier alpha value is -2.47. The minimum atomic E-state index is -0.553. The molecule has 4 nitrogen and oxygen atoms in total. The van der Waals surface area contributed by atoms with Gasteiger partial charge in [-0.1, -0.05) is 12.1 Å². The zero-order chi connectivity index (χ0) is 16.4. The summed E-state index contributed by atoms with van der Waals surface area (Å²) in [5.74, 6) is -0.0764. The van der Waals surface area contributed by atoms with Crippen LogP contribution in [0.5, 0.6) is 5.75 Å². The highest BCUT2D eigenvalue weighted by Crippen LogP contribution is 2.23. The summed E-state index contributed by atoms with van der Waals surface area (Å²) < 4.78 is 23.9. The van der Waals surface area contributed by atoms with E-state index < -0.39 is 5.97 Å². The number of nitrogens with zero attached hydrogens (tertiary/aromatic N) is 1. The first kappa shape index (κ1) is 15.4. The van der Waals surface area contributed by atoms with Crippen molar-refractivity contribution in [3.8, 4) is 5.75 Å². The first-order valence-corrected chi connectivity index (χ1v) is 7.48. The Balaban J connectivity index is 1.94. The molecule has 116 valence electrons. The quantitative estimate of drug-likeness (QED) is 0.602. The molecule has 0 aromatic heterocycles. The second-order valence-electron chi connectivity index (χ2n) is 4.74. The number of carbonyl (C=O) groups is 1. The van der Waals surface area contributed by atoms with Crippen LogP contribution in [-0.4, -0.2) is 19.0 Å². The number of cyclic esters (lactones) is 1. The first-order chi connectivity index (χ1) is 11.1. The molecule has 2 aromatic carbocycles. The molecule has 0 amide bonds. The van der Waals surface area contributed by atoms with Crippen LogP contribution in [0.3, 0.4) is 0 Å². The lowest BCUT2D eigenvalue weighted by atomic mass is 10.2. The molecule has 0 saturated carbocycles. The zero-order valence-electron chi connectivity index (χ0n) is 12.0. The predicted octanol–water partition coefficient (Wildman–Crippen LogP) is 3.94. The van der Waals surface area contributed by atoms with E-state index in [4.69, 9.17) is 9.47 Å². The molecule has 23 heavy (non-hydrogen) atoms. The minimum Gasteiger partial charge on any atom is -0.497 e. The Morgan fingerprint density at radius 3 is 2.83 bits per heavy atom. The lowest BCUT2D eigenvalue weighted by Crippen LogP contribution is -2.05. The van der Waals surface area contributed by atoms with E-state index in [2.05, 4.69) is 20.9 Å². The third-order valence-corrected chi connectivity index (χ3v) is 3.79. The molecule has 1 heterocycles. The van der Waals surface area contributed by atoms with Gasteiger partial charge in [-0.3, -0.25) is 0 Å². The molecule has 0 unspecified atom stereocenters. The summed E-state index contributed by atoms with van der Waals surface area (Å²) in [6.07, 6.45) is 1.54. The average molecular weight is 376 g/mol. The minimum absolute atomic E-state index is 0.154. The smallest absolute Gasteiger partial charge is 0.363 e. The Kier molecular flexibility index (Phi) is 4.25. The summed E-state index contributed by atoms with van der Waals surface area (Å²) in [4.78, 5) is 16.2. The molecule has 0 radical (unpaired) electrons. The number of halogens is 2. The largest absolute Gasteiger partial charge is 0.497 e. The Morgan fingerprint density at radius 2 is 2.09 bits per heavy atom. The molecule has 0 aliphatic carbocycles. The number of aliphatic imine (C=N–C) groups is 1. The molecule has 0 spiro atoms. The molecular weight excluding hydrogens is 365 g/mol. The SMILES string of the molecule is COc1cccc(C2=NC(=Cc3ccc(F)c(Br)c3)C(=O)O2)c1.